The molecule has 4 nitrogen and oxygen atoms in total. The van der Waals surface area contributed by atoms with Crippen molar-refractivity contribution in [1.82, 2.24) is 9.78 Å². The average molecular weight is 248 g/mol. The van der Waals surface area contributed by atoms with Crippen LogP contribution in [0.5, 0.6) is 0 Å². The number of aryl methyl sites for hydroxylation is 1. The highest BCUT2D eigenvalue weighted by Gasteiger charge is 2.16. The summed E-state index contributed by atoms with van der Waals surface area (Å²) in [6, 6.07) is 7.24. The number of carboxylic acids is 1. The molecule has 2 rings (SSSR count). The monoisotopic (exact) mass is 248 g/mol. The highest BCUT2D eigenvalue weighted by atomic mass is 32.2. The zero-order valence-corrected chi connectivity index (χ0v) is 10.4. The van der Waals surface area contributed by atoms with Crippen LogP contribution in [0.1, 0.15) is 16.1 Å². The van der Waals surface area contributed by atoms with E-state index in [1.807, 2.05) is 25.3 Å². The lowest BCUT2D eigenvalue weighted by molar-refractivity contribution is 0.0693. The highest BCUT2D eigenvalue weighted by Crippen LogP contribution is 2.25. The highest BCUT2D eigenvalue weighted by molar-refractivity contribution is 7.98. The van der Waals surface area contributed by atoms with Gasteiger partial charge in [0.15, 0.2) is 0 Å². The fourth-order valence-corrected chi connectivity index (χ4v) is 2.26. The smallest absolute Gasteiger partial charge is 0.339 e. The lowest BCUT2D eigenvalue weighted by Gasteiger charge is -2.09. The number of aromatic nitrogens is 2. The minimum Gasteiger partial charge on any atom is -0.478 e. The Hall–Kier alpha value is -1.75. The molecule has 1 N–H and O–H groups in total. The van der Waals surface area contributed by atoms with Crippen molar-refractivity contribution in [3.63, 3.8) is 0 Å². The molecule has 17 heavy (non-hydrogen) atoms. The lowest BCUT2D eigenvalue weighted by atomic mass is 10.2. The van der Waals surface area contributed by atoms with Crippen molar-refractivity contribution in [2.45, 2.75) is 11.8 Å². The number of benzene rings is 1. The Labute approximate surface area is 103 Å². The quantitative estimate of drug-likeness (QED) is 0.848. The standard InChI is InChI=1S/C12H12N2O2S/c1-8-6-7-14(13-8)9-4-3-5-10(17-2)11(9)12(15)16/h3-7H,1-2H3,(H,15,16). The van der Waals surface area contributed by atoms with Crippen molar-refractivity contribution in [3.8, 4) is 5.69 Å². The minimum absolute atomic E-state index is 0.295. The molecule has 0 aliphatic carbocycles. The van der Waals surface area contributed by atoms with Crippen LogP contribution in [0.4, 0.5) is 0 Å². The maximum atomic E-state index is 11.3. The van der Waals surface area contributed by atoms with Gasteiger partial charge in [-0.2, -0.15) is 5.10 Å². The van der Waals surface area contributed by atoms with Gasteiger partial charge < -0.3 is 5.11 Å². The largest absolute Gasteiger partial charge is 0.478 e. The van der Waals surface area contributed by atoms with Gasteiger partial charge in [0.1, 0.15) is 0 Å². The van der Waals surface area contributed by atoms with E-state index < -0.39 is 5.97 Å². The number of carboxylic acid groups (broad SMARTS) is 1. The first-order valence-electron chi connectivity index (χ1n) is 5.06. The van der Waals surface area contributed by atoms with Gasteiger partial charge in [-0.05, 0) is 31.4 Å². The van der Waals surface area contributed by atoms with Gasteiger partial charge in [-0.1, -0.05) is 6.07 Å². The van der Waals surface area contributed by atoms with E-state index in [0.29, 0.717) is 11.3 Å². The summed E-state index contributed by atoms with van der Waals surface area (Å²) in [6.45, 7) is 1.87. The molecule has 0 amide bonds. The van der Waals surface area contributed by atoms with Crippen LogP contribution in [-0.2, 0) is 0 Å². The molecule has 2 aromatic rings. The summed E-state index contributed by atoms with van der Waals surface area (Å²) in [5.74, 6) is -0.932. The summed E-state index contributed by atoms with van der Waals surface area (Å²) in [5, 5.41) is 13.5. The van der Waals surface area contributed by atoms with E-state index >= 15 is 0 Å². The van der Waals surface area contributed by atoms with Crippen molar-refractivity contribution in [2.24, 2.45) is 0 Å². The third-order valence-corrected chi connectivity index (χ3v) is 3.19. The van der Waals surface area contributed by atoms with Crippen molar-refractivity contribution in [2.75, 3.05) is 6.26 Å². The Morgan fingerprint density at radius 3 is 2.71 bits per heavy atom. The Balaban J connectivity index is 2.65. The van der Waals surface area contributed by atoms with Gasteiger partial charge in [-0.3, -0.25) is 0 Å². The van der Waals surface area contributed by atoms with E-state index in [4.69, 9.17) is 0 Å². The summed E-state index contributed by atoms with van der Waals surface area (Å²) in [4.78, 5) is 12.1. The molecule has 0 saturated carbocycles. The summed E-state index contributed by atoms with van der Waals surface area (Å²) in [7, 11) is 0. The van der Waals surface area contributed by atoms with Gasteiger partial charge in [0.2, 0.25) is 0 Å². The molecular weight excluding hydrogens is 236 g/mol. The second-order valence-electron chi connectivity index (χ2n) is 3.56. The van der Waals surface area contributed by atoms with Crippen LogP contribution in [-0.4, -0.2) is 27.1 Å². The number of carbonyl (C=O) groups is 1. The van der Waals surface area contributed by atoms with Crippen molar-refractivity contribution < 1.29 is 9.90 Å². The third-order valence-electron chi connectivity index (χ3n) is 2.41. The molecule has 0 aliphatic heterocycles. The molecule has 1 heterocycles. The van der Waals surface area contributed by atoms with Gasteiger partial charge in [0, 0.05) is 11.1 Å². The van der Waals surface area contributed by atoms with Crippen molar-refractivity contribution >= 4 is 17.7 Å². The topological polar surface area (TPSA) is 55.1 Å². The van der Waals surface area contributed by atoms with Crippen LogP contribution in [0.2, 0.25) is 0 Å². The van der Waals surface area contributed by atoms with Crippen LogP contribution < -0.4 is 0 Å². The van der Waals surface area contributed by atoms with Crippen molar-refractivity contribution in [3.05, 3.63) is 41.7 Å². The van der Waals surface area contributed by atoms with E-state index in [9.17, 15) is 9.90 Å². The molecule has 0 unspecified atom stereocenters. The molecule has 0 saturated heterocycles. The van der Waals surface area contributed by atoms with E-state index in [2.05, 4.69) is 5.10 Å². The maximum absolute atomic E-state index is 11.3. The van der Waals surface area contributed by atoms with Crippen LogP contribution in [0.15, 0.2) is 35.4 Å². The molecule has 0 aliphatic rings. The SMILES string of the molecule is CSc1cccc(-n2ccc(C)n2)c1C(=O)O. The number of nitrogens with zero attached hydrogens (tertiary/aromatic N) is 2. The zero-order chi connectivity index (χ0) is 12.4. The van der Waals surface area contributed by atoms with Gasteiger partial charge in [-0.25, -0.2) is 9.48 Å². The number of rotatable bonds is 3. The molecular formula is C12H12N2O2S. The van der Waals surface area contributed by atoms with Gasteiger partial charge in [0.25, 0.3) is 0 Å². The molecule has 0 atom stereocenters. The molecule has 1 aromatic carbocycles. The van der Waals surface area contributed by atoms with Crippen LogP contribution in [0, 0.1) is 6.92 Å². The molecule has 0 radical (unpaired) electrons. The normalized spacial score (nSPS) is 10.5. The van der Waals surface area contributed by atoms with Gasteiger partial charge >= 0.3 is 5.97 Å². The summed E-state index contributed by atoms with van der Waals surface area (Å²) < 4.78 is 1.60. The Bertz CT molecular complexity index is 563. The van der Waals surface area contributed by atoms with E-state index in [1.54, 1.807) is 23.0 Å². The second kappa shape index (κ2) is 4.63. The summed E-state index contributed by atoms with van der Waals surface area (Å²) in [6.07, 6.45) is 3.63. The summed E-state index contributed by atoms with van der Waals surface area (Å²) in [5.41, 5.74) is 1.75. The number of thioether (sulfide) groups is 1. The van der Waals surface area contributed by atoms with Gasteiger partial charge in [-0.15, -0.1) is 11.8 Å². The lowest BCUT2D eigenvalue weighted by Crippen LogP contribution is -2.07. The first-order chi connectivity index (χ1) is 8.13. The fraction of sp³-hybridized carbons (Fsp3) is 0.167. The first kappa shape index (κ1) is 11.7. The molecule has 88 valence electrons. The molecule has 5 heteroatoms. The molecule has 0 fully saturated rings. The average Bonchev–Trinajstić information content (AvgIpc) is 2.74. The maximum Gasteiger partial charge on any atom is 0.339 e. The number of hydrogen-bond donors (Lipinski definition) is 1. The second-order valence-corrected chi connectivity index (χ2v) is 4.41. The Kier molecular flexibility index (Phi) is 3.19. The number of aromatic carboxylic acids is 1. The minimum atomic E-state index is -0.932. The predicted octanol–water partition coefficient (Wildman–Crippen LogP) is 2.60. The molecule has 0 bridgehead atoms. The summed E-state index contributed by atoms with van der Waals surface area (Å²) >= 11 is 1.42. The molecule has 0 spiro atoms. The first-order valence-corrected chi connectivity index (χ1v) is 6.29. The van der Waals surface area contributed by atoms with Crippen LogP contribution in [0.25, 0.3) is 5.69 Å². The van der Waals surface area contributed by atoms with E-state index in [1.165, 1.54) is 11.8 Å². The van der Waals surface area contributed by atoms with Crippen molar-refractivity contribution in [1.29, 1.82) is 0 Å². The van der Waals surface area contributed by atoms with Crippen LogP contribution in [0.3, 0.4) is 0 Å². The Morgan fingerprint density at radius 1 is 1.41 bits per heavy atom. The van der Waals surface area contributed by atoms with E-state index in [0.717, 1.165) is 10.6 Å². The Morgan fingerprint density at radius 2 is 2.18 bits per heavy atom. The number of hydrogen-bond acceptors (Lipinski definition) is 3. The zero-order valence-electron chi connectivity index (χ0n) is 9.54. The third kappa shape index (κ3) is 2.19. The predicted molar refractivity (Wildman–Crippen MR) is 67.0 cm³/mol. The van der Waals surface area contributed by atoms with E-state index in [-0.39, 0.29) is 0 Å². The molecule has 1 aromatic heterocycles. The fourth-order valence-electron chi connectivity index (χ4n) is 1.64. The van der Waals surface area contributed by atoms with Crippen LogP contribution >= 0.6 is 11.8 Å². The van der Waals surface area contributed by atoms with Gasteiger partial charge in [0.05, 0.1) is 16.9 Å².